The minimum Gasteiger partial charge on any atom is -0.468 e. The van der Waals surface area contributed by atoms with Crippen LogP contribution >= 0.6 is 0 Å². The van der Waals surface area contributed by atoms with Gasteiger partial charge in [-0.2, -0.15) is 0 Å². The molecule has 3 nitrogen and oxygen atoms in total. The topological polar surface area (TPSA) is 38.3 Å². The van der Waals surface area contributed by atoms with Gasteiger partial charge in [0, 0.05) is 6.04 Å². The normalized spacial score (nSPS) is 14.7. The molecule has 0 aromatic rings. The summed E-state index contributed by atoms with van der Waals surface area (Å²) in [7, 11) is 1.42. The summed E-state index contributed by atoms with van der Waals surface area (Å²) < 4.78 is 4.76. The molecular formula is C12H23NO2. The minimum atomic E-state index is -0.213. The molecule has 0 aliphatic heterocycles. The van der Waals surface area contributed by atoms with Crippen molar-refractivity contribution < 1.29 is 9.53 Å². The SMILES string of the molecule is C=CCCC(C)NC(C(=O)OC)C(C)C. The number of carbonyl (C=O) groups is 1. The van der Waals surface area contributed by atoms with Gasteiger partial charge >= 0.3 is 5.97 Å². The van der Waals surface area contributed by atoms with E-state index in [2.05, 4.69) is 18.8 Å². The van der Waals surface area contributed by atoms with Crippen LogP contribution in [-0.2, 0) is 9.53 Å². The molecule has 1 N–H and O–H groups in total. The van der Waals surface area contributed by atoms with Crippen LogP contribution in [0.2, 0.25) is 0 Å². The van der Waals surface area contributed by atoms with Crippen molar-refractivity contribution >= 4 is 5.97 Å². The molecule has 0 aromatic heterocycles. The molecular weight excluding hydrogens is 190 g/mol. The fraction of sp³-hybridized carbons (Fsp3) is 0.750. The lowest BCUT2D eigenvalue weighted by atomic mass is 10.0. The number of esters is 1. The number of allylic oxidation sites excluding steroid dienone is 1. The quantitative estimate of drug-likeness (QED) is 0.520. The van der Waals surface area contributed by atoms with Crippen LogP contribution in [0.1, 0.15) is 33.6 Å². The third-order valence-electron chi connectivity index (χ3n) is 2.39. The first-order chi connectivity index (χ1) is 7.02. The number of methoxy groups -OCH3 is 1. The number of nitrogens with one attached hydrogen (secondary N) is 1. The summed E-state index contributed by atoms with van der Waals surface area (Å²) in [6.45, 7) is 9.77. The molecule has 0 heterocycles. The Bertz CT molecular complexity index is 202. The Hall–Kier alpha value is -0.830. The van der Waals surface area contributed by atoms with E-state index in [9.17, 15) is 4.79 Å². The van der Waals surface area contributed by atoms with Crippen LogP contribution in [0.3, 0.4) is 0 Å². The molecule has 0 amide bonds. The van der Waals surface area contributed by atoms with Crippen molar-refractivity contribution in [1.29, 1.82) is 0 Å². The summed E-state index contributed by atoms with van der Waals surface area (Å²) in [5.74, 6) is 0.0547. The minimum absolute atomic E-state index is 0.185. The molecule has 0 bridgehead atoms. The fourth-order valence-corrected chi connectivity index (χ4v) is 1.42. The highest BCUT2D eigenvalue weighted by molar-refractivity contribution is 5.75. The van der Waals surface area contributed by atoms with Gasteiger partial charge in [-0.25, -0.2) is 0 Å². The van der Waals surface area contributed by atoms with Gasteiger partial charge in [0.2, 0.25) is 0 Å². The molecule has 0 saturated heterocycles. The Morgan fingerprint density at radius 3 is 2.47 bits per heavy atom. The molecule has 2 atom stereocenters. The van der Waals surface area contributed by atoms with E-state index in [1.165, 1.54) is 7.11 Å². The van der Waals surface area contributed by atoms with Crippen molar-refractivity contribution in [1.82, 2.24) is 5.32 Å². The Labute approximate surface area is 92.9 Å². The van der Waals surface area contributed by atoms with Crippen LogP contribution in [0, 0.1) is 5.92 Å². The average Bonchev–Trinajstić information content (AvgIpc) is 2.21. The fourth-order valence-electron chi connectivity index (χ4n) is 1.42. The van der Waals surface area contributed by atoms with Crippen molar-refractivity contribution in [2.75, 3.05) is 7.11 Å². The molecule has 0 rings (SSSR count). The van der Waals surface area contributed by atoms with Crippen LogP contribution in [0.5, 0.6) is 0 Å². The summed E-state index contributed by atoms with van der Waals surface area (Å²) in [5, 5.41) is 3.28. The second-order valence-electron chi connectivity index (χ2n) is 4.18. The Morgan fingerprint density at radius 1 is 1.47 bits per heavy atom. The van der Waals surface area contributed by atoms with E-state index in [0.29, 0.717) is 6.04 Å². The van der Waals surface area contributed by atoms with Crippen LogP contribution in [0.25, 0.3) is 0 Å². The van der Waals surface area contributed by atoms with Gasteiger partial charge in [-0.15, -0.1) is 6.58 Å². The lowest BCUT2D eigenvalue weighted by molar-refractivity contribution is -0.144. The van der Waals surface area contributed by atoms with Gasteiger partial charge < -0.3 is 10.1 Å². The Morgan fingerprint density at radius 2 is 2.07 bits per heavy atom. The largest absolute Gasteiger partial charge is 0.468 e. The standard InChI is InChI=1S/C12H23NO2/c1-6-7-8-10(4)13-11(9(2)3)12(14)15-5/h6,9-11,13H,1,7-8H2,2-5H3. The highest BCUT2D eigenvalue weighted by Crippen LogP contribution is 2.07. The first-order valence-corrected chi connectivity index (χ1v) is 5.47. The van der Waals surface area contributed by atoms with Crippen LogP contribution in [-0.4, -0.2) is 25.2 Å². The maximum Gasteiger partial charge on any atom is 0.323 e. The summed E-state index contributed by atoms with van der Waals surface area (Å²) in [5.41, 5.74) is 0. The van der Waals surface area contributed by atoms with E-state index in [0.717, 1.165) is 12.8 Å². The number of hydrogen-bond donors (Lipinski definition) is 1. The zero-order valence-electron chi connectivity index (χ0n) is 10.2. The number of carbonyl (C=O) groups excluding carboxylic acids is 1. The number of hydrogen-bond acceptors (Lipinski definition) is 3. The highest BCUT2D eigenvalue weighted by atomic mass is 16.5. The molecule has 3 heteroatoms. The lowest BCUT2D eigenvalue weighted by Crippen LogP contribution is -2.46. The lowest BCUT2D eigenvalue weighted by Gasteiger charge is -2.24. The first kappa shape index (κ1) is 14.2. The van der Waals surface area contributed by atoms with Gasteiger partial charge in [0.15, 0.2) is 0 Å². The van der Waals surface area contributed by atoms with E-state index in [-0.39, 0.29) is 17.9 Å². The van der Waals surface area contributed by atoms with Gasteiger partial charge in [0.25, 0.3) is 0 Å². The van der Waals surface area contributed by atoms with Crippen LogP contribution in [0.4, 0.5) is 0 Å². The Kier molecular flexibility index (Phi) is 7.05. The van der Waals surface area contributed by atoms with Gasteiger partial charge in [-0.05, 0) is 25.7 Å². The monoisotopic (exact) mass is 213 g/mol. The molecule has 15 heavy (non-hydrogen) atoms. The van der Waals surface area contributed by atoms with E-state index in [4.69, 9.17) is 4.74 Å². The summed E-state index contributed by atoms with van der Waals surface area (Å²) in [6.07, 6.45) is 3.84. The van der Waals surface area contributed by atoms with E-state index < -0.39 is 0 Å². The van der Waals surface area contributed by atoms with Crippen molar-refractivity contribution in [3.63, 3.8) is 0 Å². The molecule has 0 spiro atoms. The second-order valence-corrected chi connectivity index (χ2v) is 4.18. The zero-order chi connectivity index (χ0) is 11.8. The van der Waals surface area contributed by atoms with Gasteiger partial charge in [-0.1, -0.05) is 19.9 Å². The van der Waals surface area contributed by atoms with Gasteiger partial charge in [-0.3, -0.25) is 4.79 Å². The van der Waals surface area contributed by atoms with Gasteiger partial charge in [0.1, 0.15) is 6.04 Å². The van der Waals surface area contributed by atoms with Crippen molar-refractivity contribution in [3.8, 4) is 0 Å². The molecule has 0 aliphatic rings. The molecule has 0 radical (unpaired) electrons. The predicted molar refractivity (Wildman–Crippen MR) is 62.7 cm³/mol. The molecule has 0 aromatic carbocycles. The first-order valence-electron chi connectivity index (χ1n) is 5.47. The van der Waals surface area contributed by atoms with Crippen molar-refractivity contribution in [3.05, 3.63) is 12.7 Å². The third-order valence-corrected chi connectivity index (χ3v) is 2.39. The maximum absolute atomic E-state index is 11.5. The number of ether oxygens (including phenoxy) is 1. The van der Waals surface area contributed by atoms with Gasteiger partial charge in [0.05, 0.1) is 7.11 Å². The Balaban J connectivity index is 4.15. The van der Waals surface area contributed by atoms with E-state index >= 15 is 0 Å². The molecule has 0 fully saturated rings. The van der Waals surface area contributed by atoms with Crippen molar-refractivity contribution in [2.24, 2.45) is 5.92 Å². The van der Waals surface area contributed by atoms with E-state index in [1.807, 2.05) is 19.9 Å². The summed E-state index contributed by atoms with van der Waals surface area (Å²) in [4.78, 5) is 11.5. The van der Waals surface area contributed by atoms with Crippen LogP contribution in [0.15, 0.2) is 12.7 Å². The smallest absolute Gasteiger partial charge is 0.323 e. The van der Waals surface area contributed by atoms with Crippen LogP contribution < -0.4 is 5.32 Å². The summed E-state index contributed by atoms with van der Waals surface area (Å²) >= 11 is 0. The highest BCUT2D eigenvalue weighted by Gasteiger charge is 2.23. The summed E-state index contributed by atoms with van der Waals surface area (Å²) in [6, 6.07) is 0.0873. The number of rotatable bonds is 7. The maximum atomic E-state index is 11.5. The second kappa shape index (κ2) is 7.46. The predicted octanol–water partition coefficient (Wildman–Crippen LogP) is 2.13. The third kappa shape index (κ3) is 5.57. The zero-order valence-corrected chi connectivity index (χ0v) is 10.2. The molecule has 2 unspecified atom stereocenters. The average molecular weight is 213 g/mol. The molecule has 0 saturated carbocycles. The van der Waals surface area contributed by atoms with E-state index in [1.54, 1.807) is 0 Å². The molecule has 0 aliphatic carbocycles. The molecule has 88 valence electrons. The van der Waals surface area contributed by atoms with Crippen molar-refractivity contribution in [2.45, 2.75) is 45.7 Å².